The van der Waals surface area contributed by atoms with E-state index >= 15 is 4.39 Å². The molecule has 8 nitrogen and oxygen atoms in total. The first-order chi connectivity index (χ1) is 22.2. The van der Waals surface area contributed by atoms with E-state index in [-0.39, 0.29) is 29.7 Å². The molecule has 1 spiro atoms. The fraction of sp³-hybridized carbons (Fsp3) is 0.324. The highest BCUT2D eigenvalue weighted by Crippen LogP contribution is 2.50. The number of nitrogens with two attached hydrogens (primary N) is 2. The van der Waals surface area contributed by atoms with Crippen LogP contribution in [-0.4, -0.2) is 59.9 Å². The van der Waals surface area contributed by atoms with Crippen LogP contribution in [0.15, 0.2) is 108 Å². The van der Waals surface area contributed by atoms with Gasteiger partial charge in [0.1, 0.15) is 5.54 Å². The number of nitrogens with one attached hydrogen (secondary N) is 2. The molecule has 1 saturated carbocycles. The molecule has 1 aliphatic carbocycles. The van der Waals surface area contributed by atoms with Gasteiger partial charge in [-0.3, -0.25) is 19.9 Å². The van der Waals surface area contributed by atoms with Gasteiger partial charge in [-0.2, -0.15) is 0 Å². The van der Waals surface area contributed by atoms with Crippen molar-refractivity contribution < 1.29 is 14.0 Å². The zero-order valence-electron chi connectivity index (χ0n) is 26.0. The highest BCUT2D eigenvalue weighted by atomic mass is 19.1. The minimum atomic E-state index is -1.95. The molecule has 2 amide bonds. The molecule has 1 saturated heterocycles. The van der Waals surface area contributed by atoms with Crippen molar-refractivity contribution in [2.45, 2.75) is 49.5 Å². The molecule has 238 valence electrons. The van der Waals surface area contributed by atoms with Gasteiger partial charge in [0, 0.05) is 31.2 Å². The third kappa shape index (κ3) is 6.07. The smallest absolute Gasteiger partial charge is 0.251 e. The molecule has 4 atom stereocenters. The lowest BCUT2D eigenvalue weighted by Gasteiger charge is -2.40. The molecule has 9 heteroatoms. The van der Waals surface area contributed by atoms with Crippen LogP contribution in [0.2, 0.25) is 0 Å². The molecule has 1 aliphatic heterocycles. The quantitative estimate of drug-likeness (QED) is 0.154. The molecule has 2 fully saturated rings. The number of guanidine groups is 1. The molecule has 0 radical (unpaired) electrons. The highest BCUT2D eigenvalue weighted by Gasteiger charge is 2.63. The van der Waals surface area contributed by atoms with E-state index in [1.807, 2.05) is 78.9 Å². The Balaban J connectivity index is 1.26. The normalized spacial score (nSPS) is 21.9. The molecular weight excluding hydrogens is 579 g/mol. The number of fused-ring (bicyclic) bond motifs is 1. The SMILES string of the molecule is C[C@@H](N1CCC(CNC(=O)c2ccc3ccccc3c2)NC2(CC2CCN=C(N)N)C1=O)C(F)(c1ccccc1)c1ccccc1. The minimum absolute atomic E-state index is 0.00677. The van der Waals surface area contributed by atoms with Crippen molar-refractivity contribution in [3.05, 3.63) is 120 Å². The van der Waals surface area contributed by atoms with Gasteiger partial charge in [-0.25, -0.2) is 4.39 Å². The van der Waals surface area contributed by atoms with Crippen LogP contribution in [0.3, 0.4) is 0 Å². The molecule has 1 heterocycles. The van der Waals surface area contributed by atoms with Crippen LogP contribution in [-0.2, 0) is 10.5 Å². The van der Waals surface area contributed by atoms with Crippen LogP contribution in [0.25, 0.3) is 10.8 Å². The minimum Gasteiger partial charge on any atom is -0.370 e. The summed E-state index contributed by atoms with van der Waals surface area (Å²) in [4.78, 5) is 33.6. The van der Waals surface area contributed by atoms with Gasteiger partial charge in [-0.05, 0) is 66.1 Å². The van der Waals surface area contributed by atoms with Crippen molar-refractivity contribution >= 4 is 28.5 Å². The largest absolute Gasteiger partial charge is 0.370 e. The van der Waals surface area contributed by atoms with Gasteiger partial charge in [0.2, 0.25) is 5.91 Å². The second-order valence-electron chi connectivity index (χ2n) is 12.5. The zero-order valence-corrected chi connectivity index (χ0v) is 26.0. The van der Waals surface area contributed by atoms with E-state index in [2.05, 4.69) is 15.6 Å². The van der Waals surface area contributed by atoms with E-state index in [1.165, 1.54) is 0 Å². The predicted molar refractivity (Wildman–Crippen MR) is 180 cm³/mol. The van der Waals surface area contributed by atoms with Gasteiger partial charge in [-0.1, -0.05) is 91.0 Å². The molecule has 0 bridgehead atoms. The number of carbonyl (C=O) groups excluding carboxylic acids is 2. The Hall–Kier alpha value is -4.76. The number of carbonyl (C=O) groups is 2. The summed E-state index contributed by atoms with van der Waals surface area (Å²) in [6.45, 7) is 2.84. The molecule has 4 aromatic rings. The summed E-state index contributed by atoms with van der Waals surface area (Å²) in [5.41, 5.74) is 9.84. The Morgan fingerprint density at radius 1 is 1.00 bits per heavy atom. The average molecular weight is 621 g/mol. The van der Waals surface area contributed by atoms with Crippen molar-refractivity contribution in [3.63, 3.8) is 0 Å². The van der Waals surface area contributed by atoms with Crippen molar-refractivity contribution in [1.82, 2.24) is 15.5 Å². The van der Waals surface area contributed by atoms with Crippen LogP contribution >= 0.6 is 0 Å². The fourth-order valence-electron chi connectivity index (χ4n) is 7.01. The number of amides is 2. The van der Waals surface area contributed by atoms with Crippen LogP contribution in [0.5, 0.6) is 0 Å². The molecular formula is C37H41FN6O2. The third-order valence-corrected chi connectivity index (χ3v) is 9.65. The summed E-state index contributed by atoms with van der Waals surface area (Å²) < 4.78 is 17.7. The second-order valence-corrected chi connectivity index (χ2v) is 12.5. The maximum Gasteiger partial charge on any atom is 0.251 e. The maximum atomic E-state index is 17.7. The van der Waals surface area contributed by atoms with E-state index in [9.17, 15) is 9.59 Å². The number of aliphatic imine (C=N–C) groups is 1. The lowest BCUT2D eigenvalue weighted by Crippen LogP contribution is -2.56. The van der Waals surface area contributed by atoms with E-state index in [0.29, 0.717) is 55.6 Å². The lowest BCUT2D eigenvalue weighted by molar-refractivity contribution is -0.139. The van der Waals surface area contributed by atoms with Gasteiger partial charge in [-0.15, -0.1) is 0 Å². The number of hydrogen-bond acceptors (Lipinski definition) is 4. The summed E-state index contributed by atoms with van der Waals surface area (Å²) in [6, 6.07) is 30.6. The van der Waals surface area contributed by atoms with Gasteiger partial charge in [0.25, 0.3) is 5.91 Å². The summed E-state index contributed by atoms with van der Waals surface area (Å²) in [5, 5.41) is 8.75. The summed E-state index contributed by atoms with van der Waals surface area (Å²) in [7, 11) is 0. The van der Waals surface area contributed by atoms with Crippen LogP contribution in [0, 0.1) is 5.92 Å². The molecule has 0 aromatic heterocycles. The van der Waals surface area contributed by atoms with Gasteiger partial charge >= 0.3 is 0 Å². The summed E-state index contributed by atoms with van der Waals surface area (Å²) in [5.74, 6) is -0.338. The molecule has 3 unspecified atom stereocenters. The topological polar surface area (TPSA) is 126 Å². The van der Waals surface area contributed by atoms with E-state index in [4.69, 9.17) is 11.5 Å². The molecule has 6 N–H and O–H groups in total. The van der Waals surface area contributed by atoms with Crippen molar-refractivity contribution in [2.75, 3.05) is 19.6 Å². The molecule has 2 aliphatic rings. The maximum absolute atomic E-state index is 17.7. The lowest BCUT2D eigenvalue weighted by atomic mass is 9.81. The molecule has 46 heavy (non-hydrogen) atoms. The Kier molecular flexibility index (Phi) is 8.77. The van der Waals surface area contributed by atoms with E-state index in [0.717, 1.165) is 10.8 Å². The van der Waals surface area contributed by atoms with E-state index in [1.54, 1.807) is 36.1 Å². The van der Waals surface area contributed by atoms with E-state index < -0.39 is 17.2 Å². The van der Waals surface area contributed by atoms with Gasteiger partial charge < -0.3 is 21.7 Å². The van der Waals surface area contributed by atoms with Crippen LogP contribution in [0.4, 0.5) is 4.39 Å². The fourth-order valence-corrected chi connectivity index (χ4v) is 7.01. The van der Waals surface area contributed by atoms with Crippen molar-refractivity contribution in [3.8, 4) is 0 Å². The predicted octanol–water partition coefficient (Wildman–Crippen LogP) is 4.48. The van der Waals surface area contributed by atoms with Crippen molar-refractivity contribution in [1.29, 1.82) is 0 Å². The first-order valence-electron chi connectivity index (χ1n) is 15.9. The number of halogens is 1. The van der Waals surface area contributed by atoms with Gasteiger partial charge in [0.15, 0.2) is 11.6 Å². The van der Waals surface area contributed by atoms with Crippen molar-refractivity contribution in [2.24, 2.45) is 22.4 Å². The molecule has 6 rings (SSSR count). The van der Waals surface area contributed by atoms with Crippen LogP contribution in [0.1, 0.15) is 47.7 Å². The number of rotatable bonds is 10. The number of alkyl halides is 1. The van der Waals surface area contributed by atoms with Crippen LogP contribution < -0.4 is 22.1 Å². The summed E-state index contributed by atoms with van der Waals surface area (Å²) in [6.07, 6.45) is 1.73. The Morgan fingerprint density at radius 3 is 2.28 bits per heavy atom. The first kappa shape index (κ1) is 31.2. The Bertz CT molecular complexity index is 1690. The molecule has 4 aromatic carbocycles. The Morgan fingerprint density at radius 2 is 1.63 bits per heavy atom. The Labute approximate surface area is 269 Å². The van der Waals surface area contributed by atoms with Gasteiger partial charge in [0.05, 0.1) is 6.04 Å². The monoisotopic (exact) mass is 620 g/mol. The standard InChI is InChI=1S/C37H41FN6O2/c1-25(37(38,29-12-4-2-5-13-29)30-14-6-3-7-15-30)44-21-19-32(43-36(34(44)46)23-31(36)18-20-41-35(39)40)24-42-33(45)28-17-16-26-10-8-9-11-27(26)22-28/h2-17,22,25,31-32,43H,18-21,23-24H2,1H3,(H,42,45)(H4,39,40,41)/t25-,31?,32?,36?/m1/s1. The average Bonchev–Trinajstić information content (AvgIpc) is 3.81. The first-order valence-corrected chi connectivity index (χ1v) is 15.9. The zero-order chi connectivity index (χ0) is 32.3. The summed E-state index contributed by atoms with van der Waals surface area (Å²) >= 11 is 0. The highest BCUT2D eigenvalue weighted by molar-refractivity contribution is 5.98. The number of nitrogens with zero attached hydrogens (tertiary/aromatic N) is 2. The number of hydrogen-bond donors (Lipinski definition) is 4. The third-order valence-electron chi connectivity index (χ3n) is 9.65. The number of benzene rings is 4. The second kappa shape index (κ2) is 12.9.